The molecular weight excluding hydrogens is 356 g/mol. The summed E-state index contributed by atoms with van der Waals surface area (Å²) >= 11 is 5.78. The molecule has 1 N–H and O–H groups in total. The van der Waals surface area contributed by atoms with Gasteiger partial charge in [-0.05, 0) is 30.3 Å². The third kappa shape index (κ3) is 3.16. The number of halogens is 3. The summed E-state index contributed by atoms with van der Waals surface area (Å²) in [7, 11) is 1.29. The first-order valence-electron chi connectivity index (χ1n) is 6.98. The molecule has 0 aliphatic heterocycles. The SMILES string of the molecule is CNC(=O)OC(=O)c1c(-c2ccc(F)cc2)nn2cc(F)c(Cl)cc12. The van der Waals surface area contributed by atoms with Gasteiger partial charge in [0.25, 0.3) is 0 Å². The predicted molar refractivity (Wildman–Crippen MR) is 85.4 cm³/mol. The van der Waals surface area contributed by atoms with Crippen LogP contribution in [0.1, 0.15) is 10.4 Å². The number of hydrogen-bond donors (Lipinski definition) is 1. The van der Waals surface area contributed by atoms with Crippen LogP contribution in [0, 0.1) is 11.6 Å². The van der Waals surface area contributed by atoms with E-state index in [1.165, 1.54) is 37.4 Å². The Morgan fingerprint density at radius 3 is 2.56 bits per heavy atom. The van der Waals surface area contributed by atoms with Gasteiger partial charge in [-0.15, -0.1) is 0 Å². The predicted octanol–water partition coefficient (Wildman–Crippen LogP) is 3.43. The molecular formula is C16H10ClF2N3O3. The molecule has 2 heterocycles. The van der Waals surface area contributed by atoms with Gasteiger partial charge in [0.1, 0.15) is 17.1 Å². The molecule has 0 saturated carbocycles. The molecule has 128 valence electrons. The zero-order valence-electron chi connectivity index (χ0n) is 12.7. The van der Waals surface area contributed by atoms with Gasteiger partial charge in [-0.2, -0.15) is 5.10 Å². The Morgan fingerprint density at radius 2 is 1.92 bits per heavy atom. The number of ether oxygens (including phenoxy) is 1. The molecule has 2 aromatic heterocycles. The highest BCUT2D eigenvalue weighted by molar-refractivity contribution is 6.31. The summed E-state index contributed by atoms with van der Waals surface area (Å²) in [5.74, 6) is -2.22. The van der Waals surface area contributed by atoms with E-state index in [1.54, 1.807) is 0 Å². The Hall–Kier alpha value is -3.00. The highest BCUT2D eigenvalue weighted by atomic mass is 35.5. The Morgan fingerprint density at radius 1 is 1.24 bits per heavy atom. The summed E-state index contributed by atoms with van der Waals surface area (Å²) in [6.45, 7) is 0. The van der Waals surface area contributed by atoms with Crippen molar-refractivity contribution in [3.63, 3.8) is 0 Å². The molecule has 25 heavy (non-hydrogen) atoms. The first-order chi connectivity index (χ1) is 11.9. The number of esters is 1. The topological polar surface area (TPSA) is 72.7 Å². The highest BCUT2D eigenvalue weighted by Gasteiger charge is 2.25. The van der Waals surface area contributed by atoms with Crippen molar-refractivity contribution in [1.29, 1.82) is 0 Å². The van der Waals surface area contributed by atoms with Crippen molar-refractivity contribution in [1.82, 2.24) is 14.9 Å². The highest BCUT2D eigenvalue weighted by Crippen LogP contribution is 2.29. The van der Waals surface area contributed by atoms with Crippen molar-refractivity contribution in [2.45, 2.75) is 0 Å². The summed E-state index contributed by atoms with van der Waals surface area (Å²) in [5, 5.41) is 6.05. The van der Waals surface area contributed by atoms with E-state index in [1.807, 2.05) is 0 Å². The van der Waals surface area contributed by atoms with E-state index in [0.29, 0.717) is 5.56 Å². The molecule has 0 atom stereocenters. The Kier molecular flexibility index (Phi) is 4.37. The minimum absolute atomic E-state index is 0.0931. The van der Waals surface area contributed by atoms with E-state index >= 15 is 0 Å². The smallest absolute Gasteiger partial charge is 0.372 e. The van der Waals surface area contributed by atoms with Crippen LogP contribution in [0.25, 0.3) is 16.8 Å². The number of rotatable bonds is 2. The molecule has 0 bridgehead atoms. The minimum Gasteiger partial charge on any atom is -0.372 e. The second-order valence-electron chi connectivity index (χ2n) is 4.96. The number of carbonyl (C=O) groups excluding carboxylic acids is 2. The largest absolute Gasteiger partial charge is 0.414 e. The second kappa shape index (κ2) is 6.48. The molecule has 9 heteroatoms. The number of fused-ring (bicyclic) bond motifs is 1. The van der Waals surface area contributed by atoms with Crippen LogP contribution in [0.4, 0.5) is 13.6 Å². The van der Waals surface area contributed by atoms with Crippen LogP contribution in [0.3, 0.4) is 0 Å². The van der Waals surface area contributed by atoms with E-state index < -0.39 is 23.7 Å². The van der Waals surface area contributed by atoms with Crippen molar-refractivity contribution >= 4 is 29.2 Å². The maximum atomic E-state index is 13.7. The molecule has 3 aromatic rings. The number of hydrogen-bond acceptors (Lipinski definition) is 4. The lowest BCUT2D eigenvalue weighted by Gasteiger charge is -2.04. The maximum Gasteiger partial charge on any atom is 0.414 e. The standard InChI is InChI=1S/C16H10ClF2N3O3/c1-20-16(24)25-15(23)13-12-6-10(17)11(19)7-22(12)21-14(13)8-2-4-9(18)5-3-8/h2-7H,1H3,(H,20,24). The molecule has 6 nitrogen and oxygen atoms in total. The van der Waals surface area contributed by atoms with Crippen molar-refractivity contribution in [3.05, 3.63) is 58.7 Å². The Labute approximate surface area is 145 Å². The van der Waals surface area contributed by atoms with Gasteiger partial charge in [0, 0.05) is 12.6 Å². The fraction of sp³-hybridized carbons (Fsp3) is 0.0625. The van der Waals surface area contributed by atoms with Crippen LogP contribution in [-0.4, -0.2) is 28.7 Å². The third-order valence-corrected chi connectivity index (χ3v) is 3.68. The van der Waals surface area contributed by atoms with E-state index in [-0.39, 0.29) is 21.8 Å². The van der Waals surface area contributed by atoms with E-state index in [2.05, 4.69) is 15.2 Å². The number of nitrogens with zero attached hydrogens (tertiary/aromatic N) is 2. The number of alkyl carbamates (subject to hydrolysis) is 1. The quantitative estimate of drug-likeness (QED) is 0.558. The zero-order chi connectivity index (χ0) is 18.1. The summed E-state index contributed by atoms with van der Waals surface area (Å²) in [5.41, 5.74) is 0.512. The molecule has 0 saturated heterocycles. The van der Waals surface area contributed by atoms with Crippen LogP contribution in [0.2, 0.25) is 5.02 Å². The number of pyridine rings is 1. The Balaban J connectivity index is 2.24. The monoisotopic (exact) mass is 365 g/mol. The zero-order valence-corrected chi connectivity index (χ0v) is 13.5. The van der Waals surface area contributed by atoms with Crippen molar-refractivity contribution < 1.29 is 23.1 Å². The lowest BCUT2D eigenvalue weighted by molar-refractivity contribution is 0.0628. The number of carbonyl (C=O) groups is 2. The molecule has 3 rings (SSSR count). The van der Waals surface area contributed by atoms with Crippen LogP contribution < -0.4 is 5.32 Å². The molecule has 0 spiro atoms. The van der Waals surface area contributed by atoms with E-state index in [4.69, 9.17) is 11.6 Å². The fourth-order valence-electron chi connectivity index (χ4n) is 2.24. The van der Waals surface area contributed by atoms with Gasteiger partial charge in [0.2, 0.25) is 0 Å². The summed E-state index contributed by atoms with van der Waals surface area (Å²) < 4.78 is 32.6. The van der Waals surface area contributed by atoms with Crippen LogP contribution >= 0.6 is 11.6 Å². The molecule has 0 aliphatic rings. The van der Waals surface area contributed by atoms with Crippen molar-refractivity contribution in [2.75, 3.05) is 7.05 Å². The molecule has 1 aromatic carbocycles. The van der Waals surface area contributed by atoms with Gasteiger partial charge in [-0.25, -0.2) is 22.9 Å². The molecule has 1 amide bonds. The van der Waals surface area contributed by atoms with Gasteiger partial charge >= 0.3 is 12.1 Å². The lowest BCUT2D eigenvalue weighted by Crippen LogP contribution is -2.23. The van der Waals surface area contributed by atoms with Gasteiger partial charge in [0.05, 0.1) is 16.7 Å². The van der Waals surface area contributed by atoms with Crippen molar-refractivity contribution in [2.24, 2.45) is 0 Å². The average molecular weight is 366 g/mol. The van der Waals surface area contributed by atoms with Crippen LogP contribution in [-0.2, 0) is 4.74 Å². The van der Waals surface area contributed by atoms with Gasteiger partial charge in [0.15, 0.2) is 5.82 Å². The van der Waals surface area contributed by atoms with Crippen molar-refractivity contribution in [3.8, 4) is 11.3 Å². The first kappa shape index (κ1) is 16.8. The van der Waals surface area contributed by atoms with E-state index in [9.17, 15) is 18.4 Å². The van der Waals surface area contributed by atoms with Gasteiger partial charge in [-0.3, -0.25) is 0 Å². The maximum absolute atomic E-state index is 13.7. The second-order valence-corrected chi connectivity index (χ2v) is 5.36. The number of benzene rings is 1. The first-order valence-corrected chi connectivity index (χ1v) is 7.35. The molecule has 0 radical (unpaired) electrons. The average Bonchev–Trinajstić information content (AvgIpc) is 2.94. The fourth-order valence-corrected chi connectivity index (χ4v) is 2.39. The summed E-state index contributed by atoms with van der Waals surface area (Å²) in [6.07, 6.45) is 0.0177. The number of amides is 1. The van der Waals surface area contributed by atoms with Crippen LogP contribution in [0.15, 0.2) is 36.5 Å². The van der Waals surface area contributed by atoms with Gasteiger partial charge in [-0.1, -0.05) is 11.6 Å². The normalized spacial score (nSPS) is 10.7. The molecule has 0 unspecified atom stereocenters. The minimum atomic E-state index is -1.00. The number of aromatic nitrogens is 2. The lowest BCUT2D eigenvalue weighted by atomic mass is 10.1. The van der Waals surface area contributed by atoms with Crippen LogP contribution in [0.5, 0.6) is 0 Å². The molecule has 0 aliphatic carbocycles. The van der Waals surface area contributed by atoms with Gasteiger partial charge < -0.3 is 10.1 Å². The Bertz CT molecular complexity index is 986. The summed E-state index contributed by atoms with van der Waals surface area (Å²) in [4.78, 5) is 23.7. The summed E-state index contributed by atoms with van der Waals surface area (Å²) in [6, 6.07) is 6.34. The third-order valence-electron chi connectivity index (χ3n) is 3.39. The van der Waals surface area contributed by atoms with E-state index in [0.717, 1.165) is 10.7 Å². The number of nitrogens with one attached hydrogen (secondary N) is 1. The molecule has 0 fully saturated rings.